The Hall–Kier alpha value is -0.860. The molecule has 0 spiro atoms. The summed E-state index contributed by atoms with van der Waals surface area (Å²) in [5.41, 5.74) is -0.911. The van der Waals surface area contributed by atoms with E-state index in [9.17, 15) is 9.59 Å². The summed E-state index contributed by atoms with van der Waals surface area (Å²) >= 11 is 0. The van der Waals surface area contributed by atoms with Crippen molar-refractivity contribution < 1.29 is 9.59 Å². The molecule has 0 radical (unpaired) electrons. The molecule has 0 saturated heterocycles. The minimum absolute atomic E-state index is 0.308. The molecule has 0 aliphatic heterocycles. The molecular formula is C11H21NO2. The van der Waals surface area contributed by atoms with Gasteiger partial charge in [-0.15, -0.1) is 0 Å². The van der Waals surface area contributed by atoms with E-state index in [0.29, 0.717) is 0 Å². The highest BCUT2D eigenvalue weighted by molar-refractivity contribution is 6.38. The standard InChI is InChI=1S/C11H21NO2/c1-7-11(5,6)12-9(14)8(13)10(2,3)4/h7H2,1-6H3,(H,12,14). The Bertz CT molecular complexity index is 236. The van der Waals surface area contributed by atoms with Crippen molar-refractivity contribution in [3.05, 3.63) is 0 Å². The summed E-state index contributed by atoms with van der Waals surface area (Å²) in [7, 11) is 0. The van der Waals surface area contributed by atoms with Crippen molar-refractivity contribution in [1.29, 1.82) is 0 Å². The van der Waals surface area contributed by atoms with Gasteiger partial charge in [0.05, 0.1) is 0 Å². The Labute approximate surface area is 86.3 Å². The summed E-state index contributed by atoms with van der Waals surface area (Å²) in [5.74, 6) is -0.844. The monoisotopic (exact) mass is 199 g/mol. The molecule has 0 atom stereocenters. The second-order valence-corrected chi connectivity index (χ2v) is 5.27. The number of Topliss-reactive ketones (excluding diaryl/α,β-unsaturated/α-hetero) is 1. The van der Waals surface area contributed by atoms with Gasteiger partial charge in [-0.2, -0.15) is 0 Å². The molecule has 0 heterocycles. The lowest BCUT2D eigenvalue weighted by Gasteiger charge is -2.26. The van der Waals surface area contributed by atoms with Crippen LogP contribution in [0.5, 0.6) is 0 Å². The molecule has 3 heteroatoms. The number of hydrogen-bond acceptors (Lipinski definition) is 2. The van der Waals surface area contributed by atoms with Gasteiger partial charge in [0.2, 0.25) is 5.78 Å². The van der Waals surface area contributed by atoms with E-state index in [1.165, 1.54) is 0 Å². The quantitative estimate of drug-likeness (QED) is 0.706. The lowest BCUT2D eigenvalue weighted by atomic mass is 9.89. The van der Waals surface area contributed by atoms with Crippen LogP contribution in [0.25, 0.3) is 0 Å². The van der Waals surface area contributed by atoms with Gasteiger partial charge in [-0.3, -0.25) is 9.59 Å². The molecule has 1 amide bonds. The first-order valence-corrected chi connectivity index (χ1v) is 4.97. The average molecular weight is 199 g/mol. The maximum Gasteiger partial charge on any atom is 0.288 e. The third kappa shape index (κ3) is 3.90. The molecule has 0 rings (SSSR count). The maximum absolute atomic E-state index is 11.5. The number of nitrogens with one attached hydrogen (secondary N) is 1. The van der Waals surface area contributed by atoms with Crippen LogP contribution < -0.4 is 5.32 Å². The van der Waals surface area contributed by atoms with Crippen LogP contribution in [-0.2, 0) is 9.59 Å². The molecule has 3 nitrogen and oxygen atoms in total. The van der Waals surface area contributed by atoms with Crippen molar-refractivity contribution in [3.8, 4) is 0 Å². The Morgan fingerprint density at radius 3 is 1.79 bits per heavy atom. The number of carbonyl (C=O) groups excluding carboxylic acids is 2. The minimum atomic E-state index is -0.603. The molecule has 0 unspecified atom stereocenters. The molecule has 0 fully saturated rings. The predicted molar refractivity (Wildman–Crippen MR) is 57.0 cm³/mol. The van der Waals surface area contributed by atoms with E-state index >= 15 is 0 Å². The molecule has 0 aromatic carbocycles. The Balaban J connectivity index is 4.45. The summed E-state index contributed by atoms with van der Waals surface area (Å²) < 4.78 is 0. The van der Waals surface area contributed by atoms with Gasteiger partial charge in [0.1, 0.15) is 0 Å². The molecule has 82 valence electrons. The van der Waals surface area contributed by atoms with Crippen molar-refractivity contribution in [2.24, 2.45) is 5.41 Å². The van der Waals surface area contributed by atoms with E-state index in [1.54, 1.807) is 20.8 Å². The number of ketones is 1. The Morgan fingerprint density at radius 1 is 1.07 bits per heavy atom. The number of hydrogen-bond donors (Lipinski definition) is 1. The third-order valence-electron chi connectivity index (χ3n) is 2.22. The lowest BCUT2D eigenvalue weighted by Crippen LogP contribution is -2.48. The van der Waals surface area contributed by atoms with E-state index in [-0.39, 0.29) is 11.3 Å². The van der Waals surface area contributed by atoms with Gasteiger partial charge in [0, 0.05) is 11.0 Å². The van der Waals surface area contributed by atoms with E-state index in [1.807, 2.05) is 20.8 Å². The molecule has 0 aromatic heterocycles. The summed E-state index contributed by atoms with van der Waals surface area (Å²) in [5, 5.41) is 2.72. The van der Waals surface area contributed by atoms with Gasteiger partial charge in [0.25, 0.3) is 5.91 Å². The van der Waals surface area contributed by atoms with Crippen molar-refractivity contribution >= 4 is 11.7 Å². The van der Waals surface area contributed by atoms with Crippen molar-refractivity contribution in [2.45, 2.75) is 53.5 Å². The molecule has 1 N–H and O–H groups in total. The zero-order chi connectivity index (χ0) is 11.6. The fourth-order valence-electron chi connectivity index (χ4n) is 0.793. The summed E-state index contributed by atoms with van der Waals surface area (Å²) in [6.07, 6.45) is 0.802. The first-order valence-electron chi connectivity index (χ1n) is 4.97. The van der Waals surface area contributed by atoms with Crippen LogP contribution in [0.3, 0.4) is 0 Å². The third-order valence-corrected chi connectivity index (χ3v) is 2.22. The number of carbonyl (C=O) groups is 2. The van der Waals surface area contributed by atoms with Crippen LogP contribution in [-0.4, -0.2) is 17.2 Å². The number of rotatable bonds is 3. The van der Waals surface area contributed by atoms with Gasteiger partial charge in [-0.05, 0) is 20.3 Å². The zero-order valence-electron chi connectivity index (χ0n) is 10.0. The fourth-order valence-corrected chi connectivity index (χ4v) is 0.793. The highest BCUT2D eigenvalue weighted by atomic mass is 16.2. The van der Waals surface area contributed by atoms with Crippen LogP contribution in [0.15, 0.2) is 0 Å². The number of amides is 1. The second kappa shape index (κ2) is 4.11. The maximum atomic E-state index is 11.5. The molecule has 0 saturated carbocycles. The molecule has 0 aliphatic carbocycles. The molecule has 0 aliphatic rings. The lowest BCUT2D eigenvalue weighted by molar-refractivity contribution is -0.143. The zero-order valence-corrected chi connectivity index (χ0v) is 10.0. The predicted octanol–water partition coefficient (Wildman–Crippen LogP) is 1.91. The van der Waals surface area contributed by atoms with Crippen LogP contribution in [0, 0.1) is 5.41 Å². The largest absolute Gasteiger partial charge is 0.345 e. The summed E-state index contributed by atoms with van der Waals surface area (Å²) in [4.78, 5) is 23.0. The van der Waals surface area contributed by atoms with Crippen molar-refractivity contribution in [1.82, 2.24) is 5.32 Å². The second-order valence-electron chi connectivity index (χ2n) is 5.27. The first kappa shape index (κ1) is 13.1. The summed E-state index contributed by atoms with van der Waals surface area (Å²) in [6.45, 7) is 11.0. The van der Waals surface area contributed by atoms with Crippen molar-refractivity contribution in [2.75, 3.05) is 0 Å². The van der Waals surface area contributed by atoms with E-state index in [2.05, 4.69) is 5.32 Å². The highest BCUT2D eigenvalue weighted by Gasteiger charge is 2.30. The first-order chi connectivity index (χ1) is 6.10. The summed E-state index contributed by atoms with van der Waals surface area (Å²) in [6, 6.07) is 0. The van der Waals surface area contributed by atoms with Gasteiger partial charge < -0.3 is 5.32 Å². The van der Waals surface area contributed by atoms with Crippen LogP contribution in [0.1, 0.15) is 48.0 Å². The van der Waals surface area contributed by atoms with Crippen LogP contribution in [0.2, 0.25) is 0 Å². The Kier molecular flexibility index (Phi) is 3.86. The van der Waals surface area contributed by atoms with Crippen LogP contribution in [0.4, 0.5) is 0 Å². The van der Waals surface area contributed by atoms with Gasteiger partial charge in [-0.1, -0.05) is 27.7 Å². The molecule has 14 heavy (non-hydrogen) atoms. The molecule has 0 bridgehead atoms. The molecular weight excluding hydrogens is 178 g/mol. The smallest absolute Gasteiger partial charge is 0.288 e. The topological polar surface area (TPSA) is 46.2 Å². The molecule has 0 aromatic rings. The minimum Gasteiger partial charge on any atom is -0.345 e. The normalized spacial score (nSPS) is 12.4. The van der Waals surface area contributed by atoms with Gasteiger partial charge in [-0.25, -0.2) is 0 Å². The van der Waals surface area contributed by atoms with Gasteiger partial charge >= 0.3 is 0 Å². The highest BCUT2D eigenvalue weighted by Crippen LogP contribution is 2.15. The average Bonchev–Trinajstić information content (AvgIpc) is 2.00. The van der Waals surface area contributed by atoms with E-state index in [4.69, 9.17) is 0 Å². The van der Waals surface area contributed by atoms with Gasteiger partial charge in [0.15, 0.2) is 0 Å². The van der Waals surface area contributed by atoms with E-state index in [0.717, 1.165) is 6.42 Å². The SMILES string of the molecule is CCC(C)(C)NC(=O)C(=O)C(C)(C)C. The van der Waals surface area contributed by atoms with E-state index < -0.39 is 11.3 Å². The Morgan fingerprint density at radius 2 is 1.50 bits per heavy atom. The van der Waals surface area contributed by atoms with Crippen LogP contribution >= 0.6 is 0 Å². The fraction of sp³-hybridized carbons (Fsp3) is 0.818. The van der Waals surface area contributed by atoms with Crippen molar-refractivity contribution in [3.63, 3.8) is 0 Å².